The third-order valence-electron chi connectivity index (χ3n) is 4.05. The van der Waals surface area contributed by atoms with Gasteiger partial charge in [-0.1, -0.05) is 31.9 Å². The van der Waals surface area contributed by atoms with Crippen molar-refractivity contribution in [1.82, 2.24) is 5.32 Å². The van der Waals surface area contributed by atoms with Gasteiger partial charge < -0.3 is 10.1 Å². The molecule has 110 valence electrons. The van der Waals surface area contributed by atoms with Gasteiger partial charge in [0.1, 0.15) is 5.75 Å². The predicted molar refractivity (Wildman–Crippen MR) is 80.9 cm³/mol. The van der Waals surface area contributed by atoms with Gasteiger partial charge in [0.2, 0.25) is 5.91 Å². The van der Waals surface area contributed by atoms with Gasteiger partial charge >= 0.3 is 0 Å². The lowest BCUT2D eigenvalue weighted by Gasteiger charge is -2.29. The highest BCUT2D eigenvalue weighted by Crippen LogP contribution is 2.23. The molecule has 20 heavy (non-hydrogen) atoms. The molecule has 1 saturated carbocycles. The van der Waals surface area contributed by atoms with Crippen molar-refractivity contribution < 1.29 is 9.53 Å². The van der Waals surface area contributed by atoms with Gasteiger partial charge in [0.25, 0.3) is 0 Å². The van der Waals surface area contributed by atoms with E-state index in [4.69, 9.17) is 4.74 Å². The maximum absolute atomic E-state index is 11.9. The van der Waals surface area contributed by atoms with E-state index in [1.54, 1.807) is 0 Å². The molecule has 0 aromatic heterocycles. The molecule has 3 nitrogen and oxygen atoms in total. The standard InChI is InChI=1S/C17H25NO2/c1-13-6-5-8-15(12-13)20-11-10-17(19)18-16-9-4-3-7-14(16)2/h5-6,8,12,14,16H,3-4,7,9-11H2,1-2H3,(H,18,19). The lowest BCUT2D eigenvalue weighted by atomic mass is 9.86. The maximum Gasteiger partial charge on any atom is 0.223 e. The zero-order valence-corrected chi connectivity index (χ0v) is 12.5. The van der Waals surface area contributed by atoms with Gasteiger partial charge in [0.05, 0.1) is 13.0 Å². The number of hydrogen-bond donors (Lipinski definition) is 1. The summed E-state index contributed by atoms with van der Waals surface area (Å²) in [5.74, 6) is 1.55. The molecule has 1 fully saturated rings. The van der Waals surface area contributed by atoms with E-state index in [1.165, 1.54) is 24.8 Å². The topological polar surface area (TPSA) is 38.3 Å². The summed E-state index contributed by atoms with van der Waals surface area (Å²) in [7, 11) is 0. The van der Waals surface area contributed by atoms with E-state index in [9.17, 15) is 4.79 Å². The monoisotopic (exact) mass is 275 g/mol. The van der Waals surface area contributed by atoms with Gasteiger partial charge in [-0.2, -0.15) is 0 Å². The Morgan fingerprint density at radius 1 is 1.35 bits per heavy atom. The summed E-state index contributed by atoms with van der Waals surface area (Å²) in [6.45, 7) is 4.70. The van der Waals surface area contributed by atoms with E-state index >= 15 is 0 Å². The summed E-state index contributed by atoms with van der Waals surface area (Å²) >= 11 is 0. The molecule has 1 aliphatic carbocycles. The molecule has 1 amide bonds. The van der Waals surface area contributed by atoms with Gasteiger partial charge in [-0.3, -0.25) is 4.79 Å². The molecule has 2 rings (SSSR count). The van der Waals surface area contributed by atoms with Crippen molar-refractivity contribution in [3.63, 3.8) is 0 Å². The minimum atomic E-state index is 0.108. The SMILES string of the molecule is Cc1cccc(OCCC(=O)NC2CCCCC2C)c1. The maximum atomic E-state index is 11.9. The fourth-order valence-electron chi connectivity index (χ4n) is 2.78. The predicted octanol–water partition coefficient (Wildman–Crippen LogP) is 3.46. The largest absolute Gasteiger partial charge is 0.493 e. The number of carbonyl (C=O) groups is 1. The Morgan fingerprint density at radius 2 is 2.15 bits per heavy atom. The van der Waals surface area contributed by atoms with Crippen molar-refractivity contribution in [3.05, 3.63) is 29.8 Å². The average Bonchev–Trinajstić information content (AvgIpc) is 2.41. The first-order valence-electron chi connectivity index (χ1n) is 7.64. The highest BCUT2D eigenvalue weighted by atomic mass is 16.5. The van der Waals surface area contributed by atoms with E-state index in [-0.39, 0.29) is 5.91 Å². The van der Waals surface area contributed by atoms with Gasteiger partial charge in [-0.15, -0.1) is 0 Å². The van der Waals surface area contributed by atoms with Gasteiger partial charge in [0.15, 0.2) is 0 Å². The molecule has 0 saturated heterocycles. The third-order valence-corrected chi connectivity index (χ3v) is 4.05. The molecular weight excluding hydrogens is 250 g/mol. The second-order valence-corrected chi connectivity index (χ2v) is 5.85. The Labute approximate surface area is 121 Å². The number of benzene rings is 1. The van der Waals surface area contributed by atoms with Crippen LogP contribution in [0.1, 0.15) is 44.6 Å². The van der Waals surface area contributed by atoms with Gasteiger partial charge in [0, 0.05) is 6.04 Å². The second kappa shape index (κ2) is 7.32. The number of hydrogen-bond acceptors (Lipinski definition) is 2. The average molecular weight is 275 g/mol. The Morgan fingerprint density at radius 3 is 2.90 bits per heavy atom. The van der Waals surface area contributed by atoms with Crippen LogP contribution in [-0.4, -0.2) is 18.6 Å². The lowest BCUT2D eigenvalue weighted by molar-refractivity contribution is -0.122. The van der Waals surface area contributed by atoms with Crippen molar-refractivity contribution in [2.75, 3.05) is 6.61 Å². The smallest absolute Gasteiger partial charge is 0.223 e. The first kappa shape index (κ1) is 14.9. The summed E-state index contributed by atoms with van der Waals surface area (Å²) in [6.07, 6.45) is 5.30. The van der Waals surface area contributed by atoms with Crippen molar-refractivity contribution in [2.24, 2.45) is 5.92 Å². The van der Waals surface area contributed by atoms with E-state index in [1.807, 2.05) is 31.2 Å². The minimum absolute atomic E-state index is 0.108. The first-order chi connectivity index (χ1) is 9.65. The number of rotatable bonds is 5. The number of carbonyl (C=O) groups excluding carboxylic acids is 1. The molecule has 0 aliphatic heterocycles. The van der Waals surface area contributed by atoms with E-state index < -0.39 is 0 Å². The fourth-order valence-corrected chi connectivity index (χ4v) is 2.78. The van der Waals surface area contributed by atoms with Gasteiger partial charge in [-0.25, -0.2) is 0 Å². The Kier molecular flexibility index (Phi) is 5.45. The molecule has 3 heteroatoms. The zero-order valence-electron chi connectivity index (χ0n) is 12.5. The molecule has 1 aromatic carbocycles. The Balaban J connectivity index is 1.70. The number of ether oxygens (including phenoxy) is 1. The second-order valence-electron chi connectivity index (χ2n) is 5.85. The minimum Gasteiger partial charge on any atom is -0.493 e. The van der Waals surface area contributed by atoms with E-state index in [0.717, 1.165) is 12.2 Å². The molecule has 2 atom stereocenters. The normalized spacial score (nSPS) is 22.3. The van der Waals surface area contributed by atoms with Crippen LogP contribution in [0.3, 0.4) is 0 Å². The van der Waals surface area contributed by atoms with Crippen LogP contribution in [-0.2, 0) is 4.79 Å². The van der Waals surface area contributed by atoms with E-state index in [2.05, 4.69) is 12.2 Å². The number of aryl methyl sites for hydroxylation is 1. The Hall–Kier alpha value is -1.51. The summed E-state index contributed by atoms with van der Waals surface area (Å²) in [5.41, 5.74) is 1.17. The summed E-state index contributed by atoms with van der Waals surface area (Å²) in [6, 6.07) is 8.27. The highest BCUT2D eigenvalue weighted by molar-refractivity contribution is 5.76. The summed E-state index contributed by atoms with van der Waals surface area (Å²) in [5, 5.41) is 3.15. The molecule has 1 aliphatic rings. The van der Waals surface area contributed by atoms with Crippen molar-refractivity contribution in [2.45, 2.75) is 52.0 Å². The molecule has 0 radical (unpaired) electrons. The number of nitrogens with one attached hydrogen (secondary N) is 1. The third kappa shape index (κ3) is 4.55. The van der Waals surface area contributed by atoms with Crippen molar-refractivity contribution >= 4 is 5.91 Å². The quantitative estimate of drug-likeness (QED) is 0.893. The Bertz CT molecular complexity index is 444. The molecular formula is C17H25NO2. The molecule has 0 heterocycles. The van der Waals surface area contributed by atoms with Crippen LogP contribution in [0.4, 0.5) is 0 Å². The fraction of sp³-hybridized carbons (Fsp3) is 0.588. The van der Waals surface area contributed by atoms with Gasteiger partial charge in [-0.05, 0) is 43.4 Å². The molecule has 0 spiro atoms. The summed E-state index contributed by atoms with van der Waals surface area (Å²) < 4.78 is 5.61. The van der Waals surface area contributed by atoms with Crippen molar-refractivity contribution in [3.8, 4) is 5.75 Å². The molecule has 2 unspecified atom stereocenters. The van der Waals surface area contributed by atoms with Crippen LogP contribution in [0, 0.1) is 12.8 Å². The van der Waals surface area contributed by atoms with Crippen LogP contribution in [0.15, 0.2) is 24.3 Å². The van der Waals surface area contributed by atoms with Crippen LogP contribution >= 0.6 is 0 Å². The molecule has 1 N–H and O–H groups in total. The molecule has 0 bridgehead atoms. The summed E-state index contributed by atoms with van der Waals surface area (Å²) in [4.78, 5) is 11.9. The first-order valence-corrected chi connectivity index (χ1v) is 7.64. The van der Waals surface area contributed by atoms with Crippen LogP contribution < -0.4 is 10.1 Å². The van der Waals surface area contributed by atoms with E-state index in [0.29, 0.717) is 25.0 Å². The molecule has 1 aromatic rings. The van der Waals surface area contributed by atoms with Crippen LogP contribution in [0.2, 0.25) is 0 Å². The zero-order chi connectivity index (χ0) is 14.4. The van der Waals surface area contributed by atoms with Crippen LogP contribution in [0.25, 0.3) is 0 Å². The van der Waals surface area contributed by atoms with Crippen molar-refractivity contribution in [1.29, 1.82) is 0 Å². The number of amides is 1. The van der Waals surface area contributed by atoms with Crippen LogP contribution in [0.5, 0.6) is 5.75 Å². The lowest BCUT2D eigenvalue weighted by Crippen LogP contribution is -2.41. The highest BCUT2D eigenvalue weighted by Gasteiger charge is 2.22.